The van der Waals surface area contributed by atoms with Crippen molar-refractivity contribution in [3.63, 3.8) is 0 Å². The third-order valence-electron chi connectivity index (χ3n) is 17.3. The summed E-state index contributed by atoms with van der Waals surface area (Å²) in [6.45, 7) is 51.8. The lowest BCUT2D eigenvalue weighted by Gasteiger charge is -2.11. The van der Waals surface area contributed by atoms with E-state index >= 15 is 0 Å². The molecule has 0 unspecified atom stereocenters. The maximum absolute atomic E-state index is 8.59. The molecule has 0 saturated carbocycles. The summed E-state index contributed by atoms with van der Waals surface area (Å²) in [5.74, 6) is 6.58. The maximum Gasteiger partial charge on any atom is 0.122 e. The van der Waals surface area contributed by atoms with Crippen LogP contribution in [0.4, 0.5) is 0 Å². The van der Waals surface area contributed by atoms with E-state index < -0.39 is 0 Å². The molecule has 9 aromatic rings. The van der Waals surface area contributed by atoms with Gasteiger partial charge in [-0.3, -0.25) is 0 Å². The van der Waals surface area contributed by atoms with E-state index in [1.165, 1.54) is 89.0 Å². The van der Waals surface area contributed by atoms with Crippen LogP contribution in [0.15, 0.2) is 218 Å². The van der Waals surface area contributed by atoms with Crippen molar-refractivity contribution >= 4 is 0 Å². The Morgan fingerprint density at radius 1 is 0.282 bits per heavy atom. The Kier molecular flexibility index (Phi) is 55.5. The number of rotatable bonds is 18. The van der Waals surface area contributed by atoms with E-state index in [1.54, 1.807) is 21.3 Å². The standard InChI is InChI=1S/C12H18O.2C11H16O.3C11H16.C10H11N.C10H14.C9H12.3CH4/c1-5-10-6-7-11(9(2)3)8-12(10)13-4;1-9(2)11-6-4-10(5-7-11)8-12-3;1-9(2)11-6-4-5-10(7-11)8-12-3;3*1-4-10-5-7-11(8-6-10)9(2)3;1-8(2)10-5-3-4-9(6-10)7-11;1-8(2)10-6-4-9(3)5-7-10;1-8(2)9-6-4-3-5-7-9;;;/h6-9H,5H2,1-4H3;2*4-7,9H,8H2,1-3H3;3*5-9H,4H2,1-3H3;3-6,8H,1-2H3;4-8H,1-3H3;3-8H,1-2H3;3*1H4. The van der Waals surface area contributed by atoms with Gasteiger partial charge in [0.15, 0.2) is 0 Å². The highest BCUT2D eigenvalue weighted by atomic mass is 16.5. The number of aryl methyl sites for hydroxylation is 5. The van der Waals surface area contributed by atoms with E-state index in [0.29, 0.717) is 66.5 Å². The molecule has 9 rings (SSSR count). The normalized spacial score (nSPS) is 10.1. The number of ether oxygens (including phenoxy) is 3. The van der Waals surface area contributed by atoms with Crippen molar-refractivity contribution in [2.75, 3.05) is 21.3 Å². The molecule has 103 heavy (non-hydrogen) atoms. The van der Waals surface area contributed by atoms with Gasteiger partial charge in [-0.25, -0.2) is 0 Å². The highest BCUT2D eigenvalue weighted by Crippen LogP contribution is 2.26. The van der Waals surface area contributed by atoms with E-state index in [4.69, 9.17) is 19.5 Å². The van der Waals surface area contributed by atoms with Crippen molar-refractivity contribution < 1.29 is 14.2 Å². The van der Waals surface area contributed by atoms with E-state index in [0.717, 1.165) is 37.0 Å². The molecule has 0 atom stereocenters. The Labute approximate surface area is 635 Å². The molecule has 0 aliphatic heterocycles. The summed E-state index contributed by atoms with van der Waals surface area (Å²) in [4.78, 5) is 0. The molecular weight excluding hydrogens is 1250 g/mol. The second kappa shape index (κ2) is 57.6. The quantitative estimate of drug-likeness (QED) is 0.0859. The third-order valence-corrected chi connectivity index (χ3v) is 17.3. The van der Waals surface area contributed by atoms with Gasteiger partial charge in [0.2, 0.25) is 0 Å². The largest absolute Gasteiger partial charge is 0.496 e. The molecular formula is C99H147NO3. The minimum absolute atomic E-state index is 0. The van der Waals surface area contributed by atoms with Gasteiger partial charge in [-0.15, -0.1) is 0 Å². The fourth-order valence-electron chi connectivity index (χ4n) is 9.96. The summed E-state index contributed by atoms with van der Waals surface area (Å²) in [5, 5.41) is 8.59. The molecule has 0 N–H and O–H groups in total. The second-order valence-electron chi connectivity index (χ2n) is 28.5. The maximum atomic E-state index is 8.59. The first-order valence-corrected chi connectivity index (χ1v) is 37.3. The van der Waals surface area contributed by atoms with Crippen LogP contribution >= 0.6 is 0 Å². The second-order valence-corrected chi connectivity index (χ2v) is 28.5. The third kappa shape index (κ3) is 42.5. The molecule has 0 heterocycles. The van der Waals surface area contributed by atoms with Crippen LogP contribution in [0.3, 0.4) is 0 Å². The van der Waals surface area contributed by atoms with Crippen LogP contribution in [0.1, 0.15) is 322 Å². The van der Waals surface area contributed by atoms with Gasteiger partial charge in [0.1, 0.15) is 5.75 Å². The summed E-state index contributed by atoms with van der Waals surface area (Å²) in [6.07, 6.45) is 4.44. The van der Waals surface area contributed by atoms with Crippen molar-refractivity contribution in [3.8, 4) is 11.8 Å². The van der Waals surface area contributed by atoms with Gasteiger partial charge < -0.3 is 14.2 Å². The summed E-state index contributed by atoms with van der Waals surface area (Å²) < 4.78 is 15.4. The number of hydrogen-bond acceptors (Lipinski definition) is 4. The molecule has 0 saturated heterocycles. The molecule has 0 aliphatic rings. The smallest absolute Gasteiger partial charge is 0.122 e. The van der Waals surface area contributed by atoms with Crippen LogP contribution in [0, 0.1) is 18.3 Å². The Bertz CT molecular complexity index is 3390. The van der Waals surface area contributed by atoms with Crippen LogP contribution in [0.25, 0.3) is 0 Å². The Hall–Kier alpha value is -7.81. The first-order chi connectivity index (χ1) is 47.6. The summed E-state index contributed by atoms with van der Waals surface area (Å²) in [6, 6.07) is 79.4. The van der Waals surface area contributed by atoms with Crippen LogP contribution in [0.2, 0.25) is 0 Å². The molecule has 4 heteroatoms. The fourth-order valence-corrected chi connectivity index (χ4v) is 9.96. The predicted molar refractivity (Wildman–Crippen MR) is 460 cm³/mol. The average molecular weight is 1400 g/mol. The molecule has 0 fully saturated rings. The number of benzene rings is 9. The molecule has 0 spiro atoms. The molecule has 0 aliphatic carbocycles. The lowest BCUT2D eigenvalue weighted by molar-refractivity contribution is 0.185. The Morgan fingerprint density at radius 3 is 0.864 bits per heavy atom. The van der Waals surface area contributed by atoms with Gasteiger partial charge in [-0.2, -0.15) is 5.26 Å². The zero-order chi connectivity index (χ0) is 75.1. The lowest BCUT2D eigenvalue weighted by Crippen LogP contribution is -1.94. The van der Waals surface area contributed by atoms with E-state index in [2.05, 4.69) is 353 Å². The monoisotopic (exact) mass is 1400 g/mol. The summed E-state index contributed by atoms with van der Waals surface area (Å²) in [7, 11) is 5.18. The molecule has 566 valence electrons. The molecule has 9 aromatic carbocycles. The zero-order valence-electron chi connectivity index (χ0n) is 67.4. The van der Waals surface area contributed by atoms with E-state index in [9.17, 15) is 0 Å². The zero-order valence-corrected chi connectivity index (χ0v) is 67.4. The number of methoxy groups -OCH3 is 3. The van der Waals surface area contributed by atoms with Gasteiger partial charge in [-0.1, -0.05) is 380 Å². The topological polar surface area (TPSA) is 51.5 Å². The molecule has 4 nitrogen and oxygen atoms in total. The van der Waals surface area contributed by atoms with Crippen LogP contribution < -0.4 is 4.74 Å². The highest BCUT2D eigenvalue weighted by Gasteiger charge is 2.07. The minimum atomic E-state index is 0. The van der Waals surface area contributed by atoms with Crippen molar-refractivity contribution in [2.24, 2.45) is 0 Å². The number of hydrogen-bond donors (Lipinski definition) is 0. The van der Waals surface area contributed by atoms with Crippen molar-refractivity contribution in [1.29, 1.82) is 5.26 Å². The Balaban J connectivity index is -0.00000109. The van der Waals surface area contributed by atoms with E-state index in [1.807, 2.05) is 30.3 Å². The SMILES string of the molecule is C.C.C.CC(C)c1cccc(C#N)c1.CC(C)c1ccccc1.CCc1ccc(C(C)C)cc1.CCc1ccc(C(C)C)cc1.CCc1ccc(C(C)C)cc1.CCc1ccc(C(C)C)cc1OC.COCc1ccc(C(C)C)cc1.COCc1cccc(C(C)C)c1.Cc1ccc(C(C)C)cc1. The minimum Gasteiger partial charge on any atom is -0.496 e. The van der Waals surface area contributed by atoms with Crippen LogP contribution in [0.5, 0.6) is 5.75 Å². The fraction of sp³-hybridized carbons (Fsp3) is 0.444. The summed E-state index contributed by atoms with van der Waals surface area (Å²) >= 11 is 0. The van der Waals surface area contributed by atoms with Gasteiger partial charge in [-0.05, 0) is 188 Å². The average Bonchev–Trinajstić information content (AvgIpc) is 0.867. The molecule has 0 bridgehead atoms. The van der Waals surface area contributed by atoms with Crippen LogP contribution in [-0.4, -0.2) is 21.3 Å². The molecule has 0 amide bonds. The van der Waals surface area contributed by atoms with Crippen molar-refractivity contribution in [1.82, 2.24) is 0 Å². The van der Waals surface area contributed by atoms with Crippen LogP contribution in [-0.2, 0) is 48.4 Å². The predicted octanol–water partition coefficient (Wildman–Crippen LogP) is 29.9. The van der Waals surface area contributed by atoms with Gasteiger partial charge in [0, 0.05) is 14.2 Å². The van der Waals surface area contributed by atoms with Gasteiger partial charge in [0.05, 0.1) is 32.0 Å². The first kappa shape index (κ1) is 99.4. The summed E-state index contributed by atoms with van der Waals surface area (Å²) in [5.41, 5.74) is 22.6. The number of nitriles is 1. The number of nitrogens with zero attached hydrogens (tertiary/aromatic N) is 1. The van der Waals surface area contributed by atoms with E-state index in [-0.39, 0.29) is 22.3 Å². The molecule has 0 aromatic heterocycles. The van der Waals surface area contributed by atoms with Gasteiger partial charge >= 0.3 is 0 Å². The van der Waals surface area contributed by atoms with Crippen molar-refractivity contribution in [2.45, 2.75) is 274 Å². The highest BCUT2D eigenvalue weighted by molar-refractivity contribution is 5.39. The van der Waals surface area contributed by atoms with Crippen molar-refractivity contribution in [3.05, 3.63) is 313 Å². The lowest BCUT2D eigenvalue weighted by atomic mass is 10.0. The van der Waals surface area contributed by atoms with Gasteiger partial charge in [0.25, 0.3) is 0 Å². The molecule has 0 radical (unpaired) electrons. The Morgan fingerprint density at radius 2 is 0.563 bits per heavy atom. The first-order valence-electron chi connectivity index (χ1n) is 37.3.